The van der Waals surface area contributed by atoms with Gasteiger partial charge in [-0.25, -0.2) is 4.79 Å². The van der Waals surface area contributed by atoms with E-state index in [0.29, 0.717) is 31.7 Å². The van der Waals surface area contributed by atoms with Crippen molar-refractivity contribution < 1.29 is 14.3 Å². The van der Waals surface area contributed by atoms with Gasteiger partial charge in [-0.2, -0.15) is 5.10 Å². The number of carbonyl (C=O) groups is 2. The summed E-state index contributed by atoms with van der Waals surface area (Å²) in [7, 11) is 0. The Hall–Kier alpha value is -2.70. The molecule has 22 heavy (non-hydrogen) atoms. The molecule has 2 aromatic heterocycles. The second kappa shape index (κ2) is 5.97. The zero-order chi connectivity index (χ0) is 15.5. The molecule has 114 valence electrons. The number of fused-ring (bicyclic) bond motifs is 1. The van der Waals surface area contributed by atoms with Crippen molar-refractivity contribution in [1.82, 2.24) is 20.1 Å². The fourth-order valence-electron chi connectivity index (χ4n) is 2.51. The molecule has 7 heteroatoms. The molecule has 7 nitrogen and oxygen atoms in total. The van der Waals surface area contributed by atoms with Crippen molar-refractivity contribution >= 4 is 11.9 Å². The van der Waals surface area contributed by atoms with E-state index in [1.165, 1.54) is 0 Å². The largest absolute Gasteiger partial charge is 0.461 e. The van der Waals surface area contributed by atoms with Crippen LogP contribution in [0.1, 0.15) is 39.0 Å². The second-order valence-corrected chi connectivity index (χ2v) is 4.97. The summed E-state index contributed by atoms with van der Waals surface area (Å²) >= 11 is 0. The molecule has 0 spiro atoms. The third kappa shape index (κ3) is 2.57. The summed E-state index contributed by atoms with van der Waals surface area (Å²) in [5, 5.41) is 6.90. The Bertz CT molecular complexity index is 696. The van der Waals surface area contributed by atoms with E-state index < -0.39 is 5.97 Å². The van der Waals surface area contributed by atoms with Crippen molar-refractivity contribution in [2.75, 3.05) is 13.2 Å². The van der Waals surface area contributed by atoms with Crippen molar-refractivity contribution in [3.05, 3.63) is 47.0 Å². The lowest BCUT2D eigenvalue weighted by atomic mass is 10.0. The molecule has 3 rings (SSSR count). The van der Waals surface area contributed by atoms with Crippen molar-refractivity contribution in [2.24, 2.45) is 0 Å². The van der Waals surface area contributed by atoms with Gasteiger partial charge < -0.3 is 9.64 Å². The van der Waals surface area contributed by atoms with E-state index in [2.05, 4.69) is 15.2 Å². The monoisotopic (exact) mass is 300 g/mol. The van der Waals surface area contributed by atoms with E-state index in [-0.39, 0.29) is 11.6 Å². The first kappa shape index (κ1) is 14.2. The van der Waals surface area contributed by atoms with Crippen LogP contribution in [-0.4, -0.2) is 45.1 Å². The molecule has 1 amide bonds. The molecule has 0 radical (unpaired) electrons. The van der Waals surface area contributed by atoms with Crippen molar-refractivity contribution in [1.29, 1.82) is 0 Å². The molecular weight excluding hydrogens is 284 g/mol. The number of nitrogens with zero attached hydrogens (tertiary/aromatic N) is 3. The summed E-state index contributed by atoms with van der Waals surface area (Å²) in [5.74, 6) is -0.564. The average Bonchev–Trinajstić information content (AvgIpc) is 2.98. The summed E-state index contributed by atoms with van der Waals surface area (Å²) in [5.41, 5.74) is 2.42. The zero-order valence-electron chi connectivity index (χ0n) is 12.2. The summed E-state index contributed by atoms with van der Waals surface area (Å²) in [4.78, 5) is 30.0. The molecule has 1 aliphatic rings. The Balaban J connectivity index is 1.82. The number of pyridine rings is 1. The standard InChI is InChI=1S/C15H16N4O3/c1-2-22-15(21)13-11-9-19(7-5-12(11)17-18-13)14(20)10-4-3-6-16-8-10/h3-4,6,8H,2,5,7,9H2,1H3,(H,17,18). The second-order valence-electron chi connectivity index (χ2n) is 4.97. The molecule has 0 fully saturated rings. The van der Waals surface area contributed by atoms with E-state index in [9.17, 15) is 9.59 Å². The third-order valence-electron chi connectivity index (χ3n) is 3.60. The maximum Gasteiger partial charge on any atom is 0.359 e. The summed E-state index contributed by atoms with van der Waals surface area (Å²) < 4.78 is 5.00. The SMILES string of the molecule is CCOC(=O)c1n[nH]c2c1CN(C(=O)c1cccnc1)CC2. The topological polar surface area (TPSA) is 88.2 Å². The number of nitrogens with one attached hydrogen (secondary N) is 1. The number of H-pyrrole nitrogens is 1. The molecule has 3 heterocycles. The fraction of sp³-hybridized carbons (Fsp3) is 0.333. The minimum Gasteiger partial charge on any atom is -0.461 e. The highest BCUT2D eigenvalue weighted by atomic mass is 16.5. The van der Waals surface area contributed by atoms with Gasteiger partial charge in [0.25, 0.3) is 5.91 Å². The van der Waals surface area contributed by atoms with E-state index in [0.717, 1.165) is 11.3 Å². The molecule has 0 aliphatic carbocycles. The predicted octanol–water partition coefficient (Wildman–Crippen LogP) is 1.18. The van der Waals surface area contributed by atoms with Gasteiger partial charge >= 0.3 is 5.97 Å². The van der Waals surface area contributed by atoms with Gasteiger partial charge in [-0.1, -0.05) is 0 Å². The first-order valence-electron chi connectivity index (χ1n) is 7.13. The van der Waals surface area contributed by atoms with Gasteiger partial charge in [-0.3, -0.25) is 14.9 Å². The highest BCUT2D eigenvalue weighted by Gasteiger charge is 2.28. The fourth-order valence-corrected chi connectivity index (χ4v) is 2.51. The van der Waals surface area contributed by atoms with Gasteiger partial charge in [0.15, 0.2) is 5.69 Å². The quantitative estimate of drug-likeness (QED) is 0.860. The average molecular weight is 300 g/mol. The first-order valence-corrected chi connectivity index (χ1v) is 7.13. The number of ether oxygens (including phenoxy) is 1. The van der Waals surface area contributed by atoms with Gasteiger partial charge in [0, 0.05) is 36.6 Å². The third-order valence-corrected chi connectivity index (χ3v) is 3.60. The highest BCUT2D eigenvalue weighted by Crippen LogP contribution is 2.22. The smallest absolute Gasteiger partial charge is 0.359 e. The molecule has 0 saturated heterocycles. The van der Waals surface area contributed by atoms with Crippen LogP contribution in [-0.2, 0) is 17.7 Å². The van der Waals surface area contributed by atoms with E-state index in [1.54, 1.807) is 36.4 Å². The van der Waals surface area contributed by atoms with Crippen LogP contribution in [0.25, 0.3) is 0 Å². The molecule has 0 unspecified atom stereocenters. The van der Waals surface area contributed by atoms with E-state index in [1.807, 2.05) is 0 Å². The summed E-state index contributed by atoms with van der Waals surface area (Å²) in [6.07, 6.45) is 3.80. The maximum absolute atomic E-state index is 12.5. The molecule has 2 aromatic rings. The van der Waals surface area contributed by atoms with Crippen molar-refractivity contribution in [3.8, 4) is 0 Å². The summed E-state index contributed by atoms with van der Waals surface area (Å²) in [6.45, 7) is 2.95. The lowest BCUT2D eigenvalue weighted by molar-refractivity contribution is 0.0513. The molecule has 0 aromatic carbocycles. The minimum atomic E-state index is -0.462. The van der Waals surface area contributed by atoms with Gasteiger partial charge in [0.2, 0.25) is 0 Å². The molecule has 0 atom stereocenters. The Morgan fingerprint density at radius 1 is 1.45 bits per heavy atom. The van der Waals surface area contributed by atoms with Crippen LogP contribution >= 0.6 is 0 Å². The number of aromatic amines is 1. The number of rotatable bonds is 3. The normalized spacial score (nSPS) is 13.6. The number of aromatic nitrogens is 3. The Labute approximate surface area is 127 Å². The lowest BCUT2D eigenvalue weighted by Gasteiger charge is -2.27. The van der Waals surface area contributed by atoms with Crippen molar-refractivity contribution in [3.63, 3.8) is 0 Å². The van der Waals surface area contributed by atoms with Crippen molar-refractivity contribution in [2.45, 2.75) is 19.9 Å². The molecule has 0 saturated carbocycles. The van der Waals surface area contributed by atoms with Crippen LogP contribution in [0.5, 0.6) is 0 Å². The molecule has 1 aliphatic heterocycles. The minimum absolute atomic E-state index is 0.102. The maximum atomic E-state index is 12.5. The number of amides is 1. The predicted molar refractivity (Wildman–Crippen MR) is 77.2 cm³/mol. The zero-order valence-corrected chi connectivity index (χ0v) is 12.2. The van der Waals surface area contributed by atoms with E-state index in [4.69, 9.17) is 4.74 Å². The highest BCUT2D eigenvalue weighted by molar-refractivity contribution is 5.94. The molecule has 0 bridgehead atoms. The number of hydrogen-bond acceptors (Lipinski definition) is 5. The van der Waals surface area contributed by atoms with E-state index >= 15 is 0 Å². The van der Waals surface area contributed by atoms with Crippen LogP contribution < -0.4 is 0 Å². The van der Waals surface area contributed by atoms with Gasteiger partial charge in [0.1, 0.15) is 0 Å². The van der Waals surface area contributed by atoms with Crippen LogP contribution in [0.4, 0.5) is 0 Å². The van der Waals surface area contributed by atoms with Crippen LogP contribution in [0.15, 0.2) is 24.5 Å². The van der Waals surface area contributed by atoms with Crippen LogP contribution in [0.2, 0.25) is 0 Å². The number of esters is 1. The van der Waals surface area contributed by atoms with Gasteiger partial charge in [-0.15, -0.1) is 0 Å². The number of carbonyl (C=O) groups excluding carboxylic acids is 2. The van der Waals surface area contributed by atoms with Crippen LogP contribution in [0, 0.1) is 0 Å². The van der Waals surface area contributed by atoms with Crippen LogP contribution in [0.3, 0.4) is 0 Å². The first-order chi connectivity index (χ1) is 10.7. The molecular formula is C15H16N4O3. The Morgan fingerprint density at radius 3 is 3.05 bits per heavy atom. The Kier molecular flexibility index (Phi) is 3.86. The van der Waals surface area contributed by atoms with Gasteiger partial charge in [0.05, 0.1) is 18.7 Å². The van der Waals surface area contributed by atoms with Gasteiger partial charge in [-0.05, 0) is 19.1 Å². The summed E-state index contributed by atoms with van der Waals surface area (Å²) in [6, 6.07) is 3.46. The lowest BCUT2D eigenvalue weighted by Crippen LogP contribution is -2.36. The number of hydrogen-bond donors (Lipinski definition) is 1. The molecule has 1 N–H and O–H groups in total. The Morgan fingerprint density at radius 2 is 2.32 bits per heavy atom.